The van der Waals surface area contributed by atoms with Crippen molar-refractivity contribution in [2.24, 2.45) is 12.0 Å². The van der Waals surface area contributed by atoms with E-state index in [0.717, 1.165) is 9.56 Å². The largest absolute Gasteiger partial charge is 0.435 e. The van der Waals surface area contributed by atoms with Crippen LogP contribution in [0.25, 0.3) is 0 Å². The van der Waals surface area contributed by atoms with E-state index in [4.69, 9.17) is 11.6 Å². The van der Waals surface area contributed by atoms with Gasteiger partial charge in [-0.05, 0) is 12.1 Å². The predicted octanol–water partition coefficient (Wildman–Crippen LogP) is 3.98. The van der Waals surface area contributed by atoms with Gasteiger partial charge in [0.25, 0.3) is 0 Å². The fourth-order valence-corrected chi connectivity index (χ4v) is 3.35. The Bertz CT molecular complexity index is 728. The molecule has 11 heteroatoms. The van der Waals surface area contributed by atoms with Crippen molar-refractivity contribution in [2.75, 3.05) is 14.1 Å². The van der Waals surface area contributed by atoms with E-state index in [9.17, 15) is 13.2 Å². The number of nitrogens with zero attached hydrogens (tertiary/aromatic N) is 4. The molecule has 0 aromatic carbocycles. The number of nitrogens with one attached hydrogen (secondary N) is 1. The summed E-state index contributed by atoms with van der Waals surface area (Å²) in [5.41, 5.74) is -0.820. The molecule has 2 rings (SSSR count). The molecule has 2 aromatic heterocycles. The number of rotatable bonds is 4. The third-order valence-electron chi connectivity index (χ3n) is 3.21. The lowest BCUT2D eigenvalue weighted by Crippen LogP contribution is -2.38. The summed E-state index contributed by atoms with van der Waals surface area (Å²) in [5, 5.41) is 6.42. The van der Waals surface area contributed by atoms with Gasteiger partial charge >= 0.3 is 6.18 Å². The lowest BCUT2D eigenvalue weighted by atomic mass is 10.2. The molecule has 1 N–H and O–H groups in total. The van der Waals surface area contributed by atoms with Crippen LogP contribution in [0, 0.1) is 0 Å². The Labute approximate surface area is 169 Å². The first-order valence-corrected chi connectivity index (χ1v) is 8.16. The SMILES string of the molecule is CN=C(NCc1cn(C)nc1C(F)(F)F)N(C)Cc1ccc(Cl)s1.I. The van der Waals surface area contributed by atoms with Gasteiger partial charge in [-0.3, -0.25) is 9.67 Å². The minimum Gasteiger partial charge on any atom is -0.352 e. The van der Waals surface area contributed by atoms with Gasteiger partial charge in [0, 0.05) is 44.3 Å². The van der Waals surface area contributed by atoms with Crippen LogP contribution in [0.4, 0.5) is 13.2 Å². The number of aryl methyl sites for hydroxylation is 1. The lowest BCUT2D eigenvalue weighted by Gasteiger charge is -2.21. The smallest absolute Gasteiger partial charge is 0.352 e. The van der Waals surface area contributed by atoms with E-state index in [2.05, 4.69) is 15.4 Å². The molecule has 0 aliphatic rings. The van der Waals surface area contributed by atoms with Crippen molar-refractivity contribution >= 4 is 52.9 Å². The fourth-order valence-electron chi connectivity index (χ4n) is 2.21. The number of hydrogen-bond donors (Lipinski definition) is 1. The van der Waals surface area contributed by atoms with E-state index in [0.29, 0.717) is 16.8 Å². The molecule has 0 saturated heterocycles. The molecule has 0 saturated carbocycles. The number of alkyl halides is 3. The molecular formula is C14H18ClF3IN5S. The highest BCUT2D eigenvalue weighted by atomic mass is 127. The summed E-state index contributed by atoms with van der Waals surface area (Å²) in [7, 11) is 4.84. The molecule has 0 fully saturated rings. The average Bonchev–Trinajstić information content (AvgIpc) is 3.05. The topological polar surface area (TPSA) is 45.5 Å². The molecule has 2 heterocycles. The van der Waals surface area contributed by atoms with Crippen molar-refractivity contribution in [1.29, 1.82) is 0 Å². The van der Waals surface area contributed by atoms with E-state index < -0.39 is 11.9 Å². The summed E-state index contributed by atoms with van der Waals surface area (Å²) >= 11 is 7.35. The van der Waals surface area contributed by atoms with Crippen LogP contribution in [0.15, 0.2) is 23.3 Å². The predicted molar refractivity (Wildman–Crippen MR) is 105 cm³/mol. The third-order valence-corrected chi connectivity index (χ3v) is 4.42. The molecule has 0 unspecified atom stereocenters. The summed E-state index contributed by atoms with van der Waals surface area (Å²) in [4.78, 5) is 6.94. The summed E-state index contributed by atoms with van der Waals surface area (Å²) in [6.07, 6.45) is -3.14. The van der Waals surface area contributed by atoms with Gasteiger partial charge in [0.2, 0.25) is 0 Å². The molecule has 0 aliphatic carbocycles. The molecule has 2 aromatic rings. The number of halogens is 5. The molecule has 0 atom stereocenters. The molecule has 0 radical (unpaired) electrons. The summed E-state index contributed by atoms with van der Waals surface area (Å²) < 4.78 is 40.7. The zero-order valence-electron chi connectivity index (χ0n) is 13.8. The van der Waals surface area contributed by atoms with Crippen LogP contribution in [0.5, 0.6) is 0 Å². The first-order chi connectivity index (χ1) is 11.2. The van der Waals surface area contributed by atoms with Gasteiger partial charge < -0.3 is 10.2 Å². The Balaban J connectivity index is 0.00000312. The summed E-state index contributed by atoms with van der Waals surface area (Å²) in [6, 6.07) is 3.70. The van der Waals surface area contributed by atoms with E-state index in [1.54, 1.807) is 20.2 Å². The van der Waals surface area contributed by atoms with E-state index >= 15 is 0 Å². The highest BCUT2D eigenvalue weighted by Crippen LogP contribution is 2.30. The van der Waals surface area contributed by atoms with Crippen molar-refractivity contribution in [3.63, 3.8) is 0 Å². The van der Waals surface area contributed by atoms with E-state index in [1.807, 2.05) is 11.0 Å². The van der Waals surface area contributed by atoms with E-state index in [-0.39, 0.29) is 36.1 Å². The molecule has 0 amide bonds. The molecule has 0 aliphatic heterocycles. The first kappa shape index (κ1) is 22.0. The van der Waals surface area contributed by atoms with Gasteiger partial charge in [0.15, 0.2) is 11.7 Å². The number of thiophene rings is 1. The fraction of sp³-hybridized carbons (Fsp3) is 0.429. The normalized spacial score (nSPS) is 12.0. The molecule has 5 nitrogen and oxygen atoms in total. The van der Waals surface area contributed by atoms with Gasteiger partial charge in [0.1, 0.15) is 0 Å². The Morgan fingerprint density at radius 1 is 1.44 bits per heavy atom. The van der Waals surface area contributed by atoms with Crippen LogP contribution < -0.4 is 5.32 Å². The first-order valence-electron chi connectivity index (χ1n) is 6.96. The summed E-state index contributed by atoms with van der Waals surface area (Å²) in [6.45, 7) is 0.529. The Kier molecular flexibility index (Phi) is 8.00. The minimum atomic E-state index is -4.48. The maximum absolute atomic E-state index is 13.0. The Morgan fingerprint density at radius 2 is 2.12 bits per heavy atom. The third kappa shape index (κ3) is 6.03. The number of hydrogen-bond acceptors (Lipinski definition) is 3. The standard InChI is InChI=1S/C14H17ClF3N5S.HI/c1-19-13(22(2)8-10-4-5-11(15)24-10)20-6-9-7-23(3)21-12(9)14(16,17)18;/h4-5,7H,6,8H2,1-3H3,(H,19,20);1H. The minimum absolute atomic E-state index is 0. The Morgan fingerprint density at radius 3 is 2.64 bits per heavy atom. The second-order valence-electron chi connectivity index (χ2n) is 5.14. The van der Waals surface area contributed by atoms with Crippen molar-refractivity contribution in [3.8, 4) is 0 Å². The van der Waals surface area contributed by atoms with Crippen LogP contribution in [0.2, 0.25) is 4.34 Å². The Hall–Kier alpha value is -1.01. The van der Waals surface area contributed by atoms with Gasteiger partial charge in [0.05, 0.1) is 10.9 Å². The maximum Gasteiger partial charge on any atom is 0.435 e. The van der Waals surface area contributed by atoms with Gasteiger partial charge in [-0.1, -0.05) is 11.6 Å². The lowest BCUT2D eigenvalue weighted by molar-refractivity contribution is -0.142. The van der Waals surface area contributed by atoms with Crippen LogP contribution >= 0.6 is 46.9 Å². The van der Waals surface area contributed by atoms with Crippen molar-refractivity contribution < 1.29 is 13.2 Å². The molecule has 25 heavy (non-hydrogen) atoms. The monoisotopic (exact) mass is 507 g/mol. The second-order valence-corrected chi connectivity index (χ2v) is 6.94. The molecular weight excluding hydrogens is 490 g/mol. The molecule has 0 spiro atoms. The average molecular weight is 508 g/mol. The quantitative estimate of drug-likeness (QED) is 0.387. The number of guanidine groups is 1. The van der Waals surface area contributed by atoms with Crippen molar-refractivity contribution in [3.05, 3.63) is 38.8 Å². The zero-order valence-corrected chi connectivity index (χ0v) is 17.7. The number of aromatic nitrogens is 2. The van der Waals surface area contributed by atoms with E-state index in [1.165, 1.54) is 24.6 Å². The highest BCUT2D eigenvalue weighted by Gasteiger charge is 2.36. The van der Waals surface area contributed by atoms with Crippen LogP contribution in [0.1, 0.15) is 16.1 Å². The van der Waals surface area contributed by atoms with Crippen LogP contribution in [-0.2, 0) is 26.3 Å². The zero-order chi connectivity index (χ0) is 17.9. The molecule has 0 bridgehead atoms. The molecule has 140 valence electrons. The van der Waals surface area contributed by atoms with Gasteiger partial charge in [-0.2, -0.15) is 18.3 Å². The van der Waals surface area contributed by atoms with Crippen LogP contribution in [0.3, 0.4) is 0 Å². The summed E-state index contributed by atoms with van der Waals surface area (Å²) in [5.74, 6) is 0.483. The van der Waals surface area contributed by atoms with Gasteiger partial charge in [-0.25, -0.2) is 0 Å². The van der Waals surface area contributed by atoms with Gasteiger partial charge in [-0.15, -0.1) is 35.3 Å². The second kappa shape index (κ2) is 9.08. The van der Waals surface area contributed by atoms with Crippen molar-refractivity contribution in [2.45, 2.75) is 19.3 Å². The highest BCUT2D eigenvalue weighted by molar-refractivity contribution is 14.0. The van der Waals surface area contributed by atoms with Crippen molar-refractivity contribution in [1.82, 2.24) is 20.0 Å². The number of aliphatic imine (C=N–C) groups is 1. The maximum atomic E-state index is 13.0. The van der Waals surface area contributed by atoms with Crippen LogP contribution in [-0.4, -0.2) is 34.7 Å².